The Morgan fingerprint density at radius 3 is 2.56 bits per heavy atom. The van der Waals surface area contributed by atoms with Crippen LogP contribution in [0.4, 0.5) is 0 Å². The van der Waals surface area contributed by atoms with Crippen LogP contribution in [0.1, 0.15) is 46.5 Å². The maximum absolute atomic E-state index is 12.6. The largest absolute Gasteiger partial charge is 0.491 e. The fraction of sp³-hybridized carbons (Fsp3) is 0.552. The molecule has 36 heavy (non-hydrogen) atoms. The summed E-state index contributed by atoms with van der Waals surface area (Å²) in [6, 6.07) is 9.62. The van der Waals surface area contributed by atoms with Gasteiger partial charge < -0.3 is 19.0 Å². The first-order chi connectivity index (χ1) is 16.9. The van der Waals surface area contributed by atoms with Crippen molar-refractivity contribution in [2.75, 3.05) is 13.7 Å². The van der Waals surface area contributed by atoms with Gasteiger partial charge in [0.2, 0.25) is 0 Å². The van der Waals surface area contributed by atoms with Gasteiger partial charge in [0.1, 0.15) is 18.1 Å². The van der Waals surface area contributed by atoms with Crippen LogP contribution in [0.2, 0.25) is 18.1 Å². The second kappa shape index (κ2) is 13.8. The van der Waals surface area contributed by atoms with Gasteiger partial charge in [-0.3, -0.25) is 9.59 Å². The quantitative estimate of drug-likeness (QED) is 0.168. The molecule has 198 valence electrons. The molecule has 1 saturated carbocycles. The maximum Gasteiger partial charge on any atom is 0.305 e. The molecule has 0 spiro atoms. The van der Waals surface area contributed by atoms with E-state index in [0.29, 0.717) is 25.9 Å². The molecule has 1 aromatic rings. The van der Waals surface area contributed by atoms with Crippen molar-refractivity contribution in [2.45, 2.75) is 76.8 Å². The first-order valence-corrected chi connectivity index (χ1v) is 15.6. The molecular formula is C29H42O6Si. The minimum absolute atomic E-state index is 0.0300. The van der Waals surface area contributed by atoms with Gasteiger partial charge in [-0.1, -0.05) is 51.1 Å². The van der Waals surface area contributed by atoms with E-state index >= 15 is 0 Å². The number of rotatable bonds is 12. The van der Waals surface area contributed by atoms with Gasteiger partial charge in [0, 0.05) is 24.7 Å². The van der Waals surface area contributed by atoms with Crippen LogP contribution in [0.15, 0.2) is 60.4 Å². The summed E-state index contributed by atoms with van der Waals surface area (Å²) in [7, 11) is -0.726. The van der Waals surface area contributed by atoms with E-state index in [9.17, 15) is 14.7 Å². The smallest absolute Gasteiger partial charge is 0.305 e. The lowest BCUT2D eigenvalue weighted by Crippen LogP contribution is -2.45. The molecule has 0 bridgehead atoms. The van der Waals surface area contributed by atoms with Crippen molar-refractivity contribution in [3.63, 3.8) is 0 Å². The third-order valence-corrected chi connectivity index (χ3v) is 11.5. The summed E-state index contributed by atoms with van der Waals surface area (Å²) in [6.45, 7) is 11.3. The molecule has 0 amide bonds. The lowest BCUT2D eigenvalue weighted by Gasteiger charge is -2.38. The molecule has 4 atom stereocenters. The fourth-order valence-electron chi connectivity index (χ4n) is 3.81. The number of methoxy groups -OCH3 is 1. The van der Waals surface area contributed by atoms with Gasteiger partial charge in [0.05, 0.1) is 19.3 Å². The number of allylic oxidation sites excluding steroid dienone is 1. The normalized spacial score (nSPS) is 21.2. The van der Waals surface area contributed by atoms with Crippen LogP contribution in [-0.2, 0) is 18.8 Å². The second-order valence-electron chi connectivity index (χ2n) is 10.8. The molecule has 0 radical (unpaired) electrons. The molecule has 1 aliphatic rings. The molecule has 0 aliphatic heterocycles. The number of aliphatic hydroxyl groups is 1. The zero-order valence-electron chi connectivity index (χ0n) is 22.5. The van der Waals surface area contributed by atoms with Gasteiger partial charge >= 0.3 is 5.97 Å². The molecule has 0 heterocycles. The van der Waals surface area contributed by atoms with Gasteiger partial charge in [-0.25, -0.2) is 0 Å². The lowest BCUT2D eigenvalue weighted by atomic mass is 9.90. The number of carbonyl (C=O) groups is 2. The number of carbonyl (C=O) groups excluding carboxylic acids is 2. The van der Waals surface area contributed by atoms with Crippen molar-refractivity contribution >= 4 is 20.1 Å². The molecule has 0 unspecified atom stereocenters. The predicted molar refractivity (Wildman–Crippen MR) is 144 cm³/mol. The number of hydrogen-bond donors (Lipinski definition) is 1. The Labute approximate surface area is 217 Å². The number of ketones is 1. The van der Waals surface area contributed by atoms with Crippen molar-refractivity contribution < 1.29 is 28.6 Å². The Hall–Kier alpha value is -2.44. The number of Topliss-reactive ketones (excluding diaryl/α,β-unsaturated/α-hetero) is 1. The van der Waals surface area contributed by atoms with E-state index in [4.69, 9.17) is 9.16 Å². The maximum atomic E-state index is 12.6. The summed E-state index contributed by atoms with van der Waals surface area (Å²) in [6.07, 6.45) is 7.89. The Morgan fingerprint density at radius 2 is 1.92 bits per heavy atom. The van der Waals surface area contributed by atoms with Crippen LogP contribution >= 0.6 is 0 Å². The molecule has 6 nitrogen and oxygen atoms in total. The van der Waals surface area contributed by atoms with E-state index in [1.54, 1.807) is 12.2 Å². The number of aliphatic hydroxyl groups excluding tert-OH is 1. The van der Waals surface area contributed by atoms with E-state index in [0.717, 1.165) is 5.75 Å². The highest BCUT2D eigenvalue weighted by atomic mass is 28.4. The molecule has 1 fully saturated rings. The fourth-order valence-corrected chi connectivity index (χ4v) is 5.07. The van der Waals surface area contributed by atoms with Crippen molar-refractivity contribution in [2.24, 2.45) is 11.8 Å². The Kier molecular flexibility index (Phi) is 11.4. The van der Waals surface area contributed by atoms with E-state index < -0.39 is 14.4 Å². The van der Waals surface area contributed by atoms with E-state index in [-0.39, 0.29) is 41.2 Å². The van der Waals surface area contributed by atoms with E-state index in [2.05, 4.69) is 44.3 Å². The number of para-hydroxylation sites is 1. The Morgan fingerprint density at radius 1 is 1.22 bits per heavy atom. The topological polar surface area (TPSA) is 82.1 Å². The summed E-state index contributed by atoms with van der Waals surface area (Å²) in [5.41, 5.74) is 3.04. The standard InChI is InChI=1S/C29H42O6Si/c1-29(2,3)36(5,6)35-23(21-34-22-14-10-9-11-15-22)18-19-25-24(26(30)20-27(25)31)16-12-7-8-13-17-28(32)33-4/h8-12,14-15,18-19,23-25,27,31H,13,16-17,20-21H2,1-6H3/b19-18+/t7?,23-,24-,25-,27-/m1/s1. The number of esters is 1. The number of hydrogen-bond acceptors (Lipinski definition) is 6. The SMILES string of the molecule is COC(=O)CCC=C=CC[C@H]1C(=O)C[C@@H](O)[C@@H]1/C=C/[C@H](COc1ccccc1)O[Si](C)(C)C(C)(C)C. The number of benzene rings is 1. The van der Waals surface area contributed by atoms with Crippen LogP contribution in [0.5, 0.6) is 5.75 Å². The zero-order chi connectivity index (χ0) is 26.8. The highest BCUT2D eigenvalue weighted by molar-refractivity contribution is 6.74. The van der Waals surface area contributed by atoms with Gasteiger partial charge in [-0.05, 0) is 55.3 Å². The first-order valence-electron chi connectivity index (χ1n) is 12.7. The van der Waals surface area contributed by atoms with Crippen LogP contribution in [-0.4, -0.2) is 51.1 Å². The summed E-state index contributed by atoms with van der Waals surface area (Å²) in [5, 5.41) is 10.6. The van der Waals surface area contributed by atoms with Crippen molar-refractivity contribution in [3.05, 3.63) is 60.4 Å². The second-order valence-corrected chi connectivity index (χ2v) is 15.5. The average Bonchev–Trinajstić information content (AvgIpc) is 3.09. The highest BCUT2D eigenvalue weighted by Gasteiger charge is 2.41. The molecule has 0 saturated heterocycles. The molecular weight excluding hydrogens is 472 g/mol. The van der Waals surface area contributed by atoms with Crippen molar-refractivity contribution in [1.29, 1.82) is 0 Å². The summed E-state index contributed by atoms with van der Waals surface area (Å²) >= 11 is 0. The molecule has 2 rings (SSSR count). The van der Waals surface area contributed by atoms with E-state index in [1.807, 2.05) is 42.5 Å². The van der Waals surface area contributed by atoms with Crippen LogP contribution in [0, 0.1) is 11.8 Å². The van der Waals surface area contributed by atoms with Crippen molar-refractivity contribution in [3.8, 4) is 5.75 Å². The Bertz CT molecular complexity index is 940. The van der Waals surface area contributed by atoms with Crippen LogP contribution in [0.25, 0.3) is 0 Å². The minimum atomic E-state index is -2.09. The number of ether oxygens (including phenoxy) is 2. The van der Waals surface area contributed by atoms with Gasteiger partial charge in [-0.2, -0.15) is 0 Å². The molecule has 1 N–H and O–H groups in total. The third-order valence-electron chi connectivity index (χ3n) is 7.02. The summed E-state index contributed by atoms with van der Waals surface area (Å²) < 4.78 is 17.3. The zero-order valence-corrected chi connectivity index (χ0v) is 23.5. The first kappa shape index (κ1) is 29.8. The summed E-state index contributed by atoms with van der Waals surface area (Å²) in [5.74, 6) is -0.0628. The summed E-state index contributed by atoms with van der Waals surface area (Å²) in [4.78, 5) is 23.8. The predicted octanol–water partition coefficient (Wildman–Crippen LogP) is 5.63. The lowest BCUT2D eigenvalue weighted by molar-refractivity contribution is -0.140. The average molecular weight is 515 g/mol. The Balaban J connectivity index is 2.12. The van der Waals surface area contributed by atoms with Gasteiger partial charge in [-0.15, -0.1) is 5.73 Å². The van der Waals surface area contributed by atoms with Gasteiger partial charge in [0.15, 0.2) is 8.32 Å². The van der Waals surface area contributed by atoms with E-state index in [1.165, 1.54) is 7.11 Å². The minimum Gasteiger partial charge on any atom is -0.491 e. The monoisotopic (exact) mass is 514 g/mol. The van der Waals surface area contributed by atoms with Crippen LogP contribution < -0.4 is 4.74 Å². The third kappa shape index (κ3) is 9.21. The van der Waals surface area contributed by atoms with Crippen LogP contribution in [0.3, 0.4) is 0 Å². The van der Waals surface area contributed by atoms with Crippen molar-refractivity contribution in [1.82, 2.24) is 0 Å². The molecule has 1 aromatic carbocycles. The molecule has 1 aliphatic carbocycles. The van der Waals surface area contributed by atoms with Gasteiger partial charge in [0.25, 0.3) is 0 Å². The molecule has 0 aromatic heterocycles. The molecule has 7 heteroatoms. The highest BCUT2D eigenvalue weighted by Crippen LogP contribution is 2.38.